The van der Waals surface area contributed by atoms with Crippen LogP contribution in [0.15, 0.2) is 36.7 Å². The fourth-order valence-electron chi connectivity index (χ4n) is 4.72. The molecule has 4 aromatic heterocycles. The second kappa shape index (κ2) is 9.98. The Kier molecular flexibility index (Phi) is 6.43. The Morgan fingerprint density at radius 3 is 2.74 bits per heavy atom. The third-order valence-electron chi connectivity index (χ3n) is 6.69. The largest absolute Gasteiger partial charge is 0.381 e. The van der Waals surface area contributed by atoms with Crippen molar-refractivity contribution in [3.05, 3.63) is 53.6 Å². The van der Waals surface area contributed by atoms with Gasteiger partial charge in [0.15, 0.2) is 0 Å². The van der Waals surface area contributed by atoms with E-state index in [9.17, 15) is 0 Å². The molecular weight excluding hydrogens is 462 g/mol. The summed E-state index contributed by atoms with van der Waals surface area (Å²) in [6.45, 7) is 5.96. The zero-order chi connectivity index (χ0) is 23.6. The van der Waals surface area contributed by atoms with Gasteiger partial charge in [0.05, 0.1) is 22.5 Å². The van der Waals surface area contributed by atoms with Crippen LogP contribution in [0, 0.1) is 6.92 Å². The fourth-order valence-corrected chi connectivity index (χ4v) is 5.66. The molecule has 0 aliphatic carbocycles. The number of aromatic nitrogens is 5. The maximum Gasteiger partial charge on any atom is 0.211 e. The van der Waals surface area contributed by atoms with Crippen molar-refractivity contribution in [2.45, 2.75) is 44.7 Å². The van der Waals surface area contributed by atoms with Crippen molar-refractivity contribution in [3.63, 3.8) is 0 Å². The first-order chi connectivity index (χ1) is 17.2. The van der Waals surface area contributed by atoms with Gasteiger partial charge in [-0.1, -0.05) is 17.4 Å². The van der Waals surface area contributed by atoms with Crippen molar-refractivity contribution in [1.29, 1.82) is 0 Å². The van der Waals surface area contributed by atoms with Gasteiger partial charge in [-0.25, -0.2) is 19.6 Å². The van der Waals surface area contributed by atoms with Crippen LogP contribution in [0.3, 0.4) is 0 Å². The van der Waals surface area contributed by atoms with Crippen LogP contribution in [0.4, 0.5) is 11.6 Å². The lowest BCUT2D eigenvalue weighted by molar-refractivity contribution is 0.0850. The summed E-state index contributed by atoms with van der Waals surface area (Å²) in [7, 11) is 0. The number of thiazole rings is 1. The van der Waals surface area contributed by atoms with Gasteiger partial charge >= 0.3 is 0 Å². The van der Waals surface area contributed by atoms with Crippen molar-refractivity contribution < 1.29 is 9.47 Å². The number of ether oxygens (including phenoxy) is 2. The summed E-state index contributed by atoms with van der Waals surface area (Å²) in [5.74, 6) is 1.99. The van der Waals surface area contributed by atoms with E-state index in [0.717, 1.165) is 90.6 Å². The van der Waals surface area contributed by atoms with E-state index in [1.54, 1.807) is 17.5 Å². The van der Waals surface area contributed by atoms with Crippen LogP contribution in [-0.4, -0.2) is 57.2 Å². The number of hydrogen-bond donors (Lipinski definition) is 2. The molecule has 0 bridgehead atoms. The quantitative estimate of drug-likeness (QED) is 0.399. The van der Waals surface area contributed by atoms with E-state index in [0.29, 0.717) is 12.0 Å². The number of aryl methyl sites for hydroxylation is 1. The molecule has 9 nitrogen and oxygen atoms in total. The molecule has 0 amide bonds. The topological polar surface area (TPSA) is 99.0 Å². The van der Waals surface area contributed by atoms with Crippen molar-refractivity contribution in [2.24, 2.45) is 0 Å². The SMILES string of the molecule is Cc1ccnn1-c1nc2cc(Nc3ccc(C4CCOCC4)c(CN[C@H]4CCOC4)n3)ncc2s1. The molecule has 0 saturated carbocycles. The van der Waals surface area contributed by atoms with Gasteiger partial charge < -0.3 is 20.1 Å². The minimum absolute atomic E-state index is 0.386. The zero-order valence-electron chi connectivity index (χ0n) is 19.7. The first-order valence-electron chi connectivity index (χ1n) is 12.2. The number of nitrogens with zero attached hydrogens (tertiary/aromatic N) is 5. The highest BCUT2D eigenvalue weighted by molar-refractivity contribution is 7.20. The molecular formula is C25H29N7O2S. The number of anilines is 2. The van der Waals surface area contributed by atoms with Crippen LogP contribution in [0.1, 0.15) is 42.1 Å². The van der Waals surface area contributed by atoms with Gasteiger partial charge in [-0.05, 0) is 49.8 Å². The van der Waals surface area contributed by atoms with Crippen LogP contribution in [-0.2, 0) is 16.0 Å². The second-order valence-corrected chi connectivity index (χ2v) is 10.1. The van der Waals surface area contributed by atoms with Crippen molar-refractivity contribution in [3.8, 4) is 5.13 Å². The van der Waals surface area contributed by atoms with Crippen LogP contribution in [0.2, 0.25) is 0 Å². The molecule has 10 heteroatoms. The first-order valence-corrected chi connectivity index (χ1v) is 13.0. The van der Waals surface area contributed by atoms with E-state index in [-0.39, 0.29) is 0 Å². The third-order valence-corrected chi connectivity index (χ3v) is 7.67. The highest BCUT2D eigenvalue weighted by Gasteiger charge is 2.22. The molecule has 2 aliphatic rings. The van der Waals surface area contributed by atoms with E-state index < -0.39 is 0 Å². The van der Waals surface area contributed by atoms with E-state index in [1.807, 2.05) is 29.9 Å². The summed E-state index contributed by atoms with van der Waals surface area (Å²) in [6, 6.07) is 8.60. The number of hydrogen-bond acceptors (Lipinski definition) is 9. The molecule has 1 atom stereocenters. The lowest BCUT2D eigenvalue weighted by Gasteiger charge is -2.25. The summed E-state index contributed by atoms with van der Waals surface area (Å²) >= 11 is 1.58. The Labute approximate surface area is 207 Å². The number of fused-ring (bicyclic) bond motifs is 1. The Morgan fingerprint density at radius 2 is 1.94 bits per heavy atom. The normalized spacial score (nSPS) is 18.9. The molecule has 4 aromatic rings. The summed E-state index contributed by atoms with van der Waals surface area (Å²) in [5.41, 5.74) is 4.33. The lowest BCUT2D eigenvalue weighted by Crippen LogP contribution is -2.30. The molecule has 0 spiro atoms. The third kappa shape index (κ3) is 4.92. The maximum atomic E-state index is 5.59. The molecule has 6 rings (SSSR count). The van der Waals surface area contributed by atoms with Crippen molar-refractivity contribution >= 4 is 33.2 Å². The smallest absolute Gasteiger partial charge is 0.211 e. The van der Waals surface area contributed by atoms with Gasteiger partial charge in [0, 0.05) is 56.6 Å². The molecule has 0 unspecified atom stereocenters. The summed E-state index contributed by atoms with van der Waals surface area (Å²) in [6.07, 6.45) is 6.76. The predicted molar refractivity (Wildman–Crippen MR) is 136 cm³/mol. The van der Waals surface area contributed by atoms with Crippen LogP contribution in [0.25, 0.3) is 15.3 Å². The van der Waals surface area contributed by atoms with Gasteiger partial charge in [0.1, 0.15) is 11.6 Å². The molecule has 0 radical (unpaired) electrons. The van der Waals surface area contributed by atoms with Gasteiger partial charge in [-0.2, -0.15) is 5.10 Å². The number of rotatable bonds is 7. The van der Waals surface area contributed by atoms with Crippen LogP contribution in [0.5, 0.6) is 0 Å². The Morgan fingerprint density at radius 1 is 1.06 bits per heavy atom. The molecule has 2 saturated heterocycles. The van der Waals surface area contributed by atoms with Gasteiger partial charge in [-0.3, -0.25) is 0 Å². The Hall–Kier alpha value is -2.92. The maximum absolute atomic E-state index is 5.59. The molecule has 2 fully saturated rings. The van der Waals surface area contributed by atoms with Crippen molar-refractivity contribution in [2.75, 3.05) is 31.7 Å². The zero-order valence-corrected chi connectivity index (χ0v) is 20.6. The molecule has 0 aromatic carbocycles. The molecule has 35 heavy (non-hydrogen) atoms. The van der Waals surface area contributed by atoms with Crippen LogP contribution >= 0.6 is 11.3 Å². The predicted octanol–water partition coefficient (Wildman–Crippen LogP) is 4.10. The lowest BCUT2D eigenvalue weighted by atomic mass is 9.90. The Bertz CT molecular complexity index is 1310. The summed E-state index contributed by atoms with van der Waals surface area (Å²) in [4.78, 5) is 14.4. The highest BCUT2D eigenvalue weighted by atomic mass is 32.1. The average Bonchev–Trinajstić information content (AvgIpc) is 3.64. The number of nitrogens with one attached hydrogen (secondary N) is 2. The standard InChI is InChI=1S/C25H29N7O2S/c1-16-4-8-28-32(16)25-30-20-12-24(27-14-22(20)35-25)31-23-3-2-19(17-5-9-33-10-6-17)21(29-23)13-26-18-7-11-34-15-18/h2-4,8,12,14,17-18,26H,5-7,9-11,13,15H2,1H3,(H,27,29,31)/t18-/m0/s1. The average molecular weight is 492 g/mol. The molecule has 2 N–H and O–H groups in total. The van der Waals surface area contributed by atoms with Gasteiger partial charge in [0.25, 0.3) is 0 Å². The monoisotopic (exact) mass is 491 g/mol. The minimum Gasteiger partial charge on any atom is -0.381 e. The van der Waals surface area contributed by atoms with E-state index >= 15 is 0 Å². The fraction of sp³-hybridized carbons (Fsp3) is 0.440. The van der Waals surface area contributed by atoms with E-state index in [1.165, 1.54) is 5.56 Å². The van der Waals surface area contributed by atoms with Gasteiger partial charge in [0.2, 0.25) is 5.13 Å². The second-order valence-electron chi connectivity index (χ2n) is 9.10. The van der Waals surface area contributed by atoms with E-state index in [4.69, 9.17) is 19.4 Å². The summed E-state index contributed by atoms with van der Waals surface area (Å²) in [5, 5.41) is 12.2. The van der Waals surface area contributed by atoms with Gasteiger partial charge in [-0.15, -0.1) is 0 Å². The van der Waals surface area contributed by atoms with E-state index in [2.05, 4.69) is 32.8 Å². The number of pyridine rings is 2. The molecule has 2 aliphatic heterocycles. The summed E-state index contributed by atoms with van der Waals surface area (Å²) < 4.78 is 14.0. The molecule has 6 heterocycles. The minimum atomic E-state index is 0.386. The Balaban J connectivity index is 1.24. The van der Waals surface area contributed by atoms with Crippen molar-refractivity contribution in [1.82, 2.24) is 30.0 Å². The molecule has 182 valence electrons. The van der Waals surface area contributed by atoms with Crippen LogP contribution < -0.4 is 10.6 Å². The first kappa shape index (κ1) is 22.5. The highest BCUT2D eigenvalue weighted by Crippen LogP contribution is 2.31.